The van der Waals surface area contributed by atoms with Crippen LogP contribution in [0.1, 0.15) is 43.9 Å². The maximum atomic E-state index is 12.2. The Morgan fingerprint density at radius 2 is 1.84 bits per heavy atom. The number of esters is 1. The van der Waals surface area contributed by atoms with Gasteiger partial charge in [-0.15, -0.1) is 0 Å². The smallest absolute Gasteiger partial charge is 0.328 e. The molecule has 2 atom stereocenters. The van der Waals surface area contributed by atoms with Crippen LogP contribution in [0.5, 0.6) is 0 Å². The first kappa shape index (κ1) is 20.5. The highest BCUT2D eigenvalue weighted by molar-refractivity contribution is 6.26. The molecule has 0 unspecified atom stereocenters. The Balaban J connectivity index is 2.81. The van der Waals surface area contributed by atoms with E-state index in [0.29, 0.717) is 11.8 Å². The zero-order valence-corrected chi connectivity index (χ0v) is 14.6. The van der Waals surface area contributed by atoms with Gasteiger partial charge >= 0.3 is 5.97 Å². The Labute approximate surface area is 146 Å². The molecule has 7 nitrogen and oxygen atoms in total. The van der Waals surface area contributed by atoms with Crippen LogP contribution in [0, 0.1) is 12.3 Å². The topological polar surface area (TPSA) is 117 Å². The molecular formula is C18H24N2O5. The van der Waals surface area contributed by atoms with Gasteiger partial charge in [0.05, 0.1) is 12.3 Å². The van der Waals surface area contributed by atoms with Crippen LogP contribution in [0.15, 0.2) is 24.3 Å². The number of aliphatic hydroxyl groups is 1. The molecule has 0 aliphatic heterocycles. The van der Waals surface area contributed by atoms with Gasteiger partial charge in [0, 0.05) is 6.42 Å². The predicted molar refractivity (Wildman–Crippen MR) is 92.3 cm³/mol. The summed E-state index contributed by atoms with van der Waals surface area (Å²) in [6.07, 6.45) is -1.25. The Kier molecular flexibility index (Phi) is 7.94. The van der Waals surface area contributed by atoms with Crippen molar-refractivity contribution in [3.63, 3.8) is 0 Å². The molecule has 0 saturated carbocycles. The summed E-state index contributed by atoms with van der Waals surface area (Å²) in [6.45, 7) is 5.22. The summed E-state index contributed by atoms with van der Waals surface area (Å²) in [5.74, 6) is -1.90. The van der Waals surface area contributed by atoms with Crippen LogP contribution in [0.2, 0.25) is 0 Å². The summed E-state index contributed by atoms with van der Waals surface area (Å²) < 4.78 is 5.08. The van der Waals surface area contributed by atoms with Gasteiger partial charge in [-0.2, -0.15) is 0 Å². The maximum Gasteiger partial charge on any atom is 0.328 e. The van der Waals surface area contributed by atoms with Gasteiger partial charge < -0.3 is 20.6 Å². The molecule has 1 aromatic carbocycles. The largest absolute Gasteiger partial charge is 0.461 e. The summed E-state index contributed by atoms with van der Waals surface area (Å²) in [6, 6.07) is 5.70. The Hall–Kier alpha value is -2.54. The number of rotatable bonds is 9. The van der Waals surface area contributed by atoms with Crippen LogP contribution in [-0.4, -0.2) is 41.1 Å². The highest BCUT2D eigenvalue weighted by atomic mass is 16.5. The quantitative estimate of drug-likeness (QED) is 0.461. The van der Waals surface area contributed by atoms with Crippen molar-refractivity contribution < 1.29 is 24.2 Å². The van der Waals surface area contributed by atoms with Gasteiger partial charge in [-0.1, -0.05) is 29.8 Å². The number of benzene rings is 1. The van der Waals surface area contributed by atoms with Crippen molar-refractivity contribution in [2.24, 2.45) is 0 Å². The molecule has 0 aliphatic carbocycles. The molecule has 0 aromatic heterocycles. The number of aryl methyl sites for hydroxylation is 1. The summed E-state index contributed by atoms with van der Waals surface area (Å²) >= 11 is 0. The van der Waals surface area contributed by atoms with E-state index in [1.807, 2.05) is 6.92 Å². The summed E-state index contributed by atoms with van der Waals surface area (Å²) in [5.41, 5.74) is 1.38. The number of carbonyl (C=O) groups excluding carboxylic acids is 3. The second kappa shape index (κ2) is 9.68. The van der Waals surface area contributed by atoms with Gasteiger partial charge in [0.1, 0.15) is 6.04 Å². The minimum atomic E-state index is -1.44. The van der Waals surface area contributed by atoms with Crippen LogP contribution >= 0.6 is 0 Å². The lowest BCUT2D eigenvalue weighted by Gasteiger charge is -2.20. The number of carbonyl (C=O) groups is 3. The van der Waals surface area contributed by atoms with Crippen molar-refractivity contribution in [1.82, 2.24) is 5.32 Å². The first-order valence-corrected chi connectivity index (χ1v) is 8.03. The first-order chi connectivity index (χ1) is 11.7. The minimum absolute atomic E-state index is 0.00781. The van der Waals surface area contributed by atoms with E-state index in [2.05, 4.69) is 5.32 Å². The standard InChI is InChI=1S/C18H24N2O5/c1-11(2)25-18(24)15(9-8-14(21)10-19)20-17(23)16(22)13-6-4-12(3)5-7-13/h4-7,10-11,15-16,19,22H,8-9H2,1-3H3,(H,20,23)/t15-,16-/m0/s1. The van der Waals surface area contributed by atoms with Crippen molar-refractivity contribution in [3.8, 4) is 0 Å². The second-order valence-corrected chi connectivity index (χ2v) is 6.01. The van der Waals surface area contributed by atoms with Gasteiger partial charge in [0.2, 0.25) is 0 Å². The summed E-state index contributed by atoms with van der Waals surface area (Å²) in [5, 5.41) is 19.5. The van der Waals surface area contributed by atoms with Crippen molar-refractivity contribution in [1.29, 1.82) is 5.41 Å². The van der Waals surface area contributed by atoms with Crippen molar-refractivity contribution in [3.05, 3.63) is 35.4 Å². The molecular weight excluding hydrogens is 324 g/mol. The zero-order chi connectivity index (χ0) is 19.0. The highest BCUT2D eigenvalue weighted by Gasteiger charge is 2.27. The van der Waals surface area contributed by atoms with Gasteiger partial charge in [-0.3, -0.25) is 9.59 Å². The van der Waals surface area contributed by atoms with E-state index in [4.69, 9.17) is 10.1 Å². The fourth-order valence-electron chi connectivity index (χ4n) is 2.07. The van der Waals surface area contributed by atoms with Crippen LogP contribution in [-0.2, 0) is 19.1 Å². The number of hydrogen-bond donors (Lipinski definition) is 3. The number of amides is 1. The summed E-state index contributed by atoms with van der Waals surface area (Å²) in [7, 11) is 0. The average Bonchev–Trinajstić information content (AvgIpc) is 2.57. The van der Waals surface area contributed by atoms with E-state index in [0.717, 1.165) is 5.56 Å². The Morgan fingerprint density at radius 1 is 1.24 bits per heavy atom. The Morgan fingerprint density at radius 3 is 2.36 bits per heavy atom. The molecule has 7 heteroatoms. The van der Waals surface area contributed by atoms with E-state index in [1.165, 1.54) is 0 Å². The third-order valence-electron chi connectivity index (χ3n) is 3.43. The lowest BCUT2D eigenvalue weighted by Crippen LogP contribution is -2.44. The van der Waals surface area contributed by atoms with E-state index in [9.17, 15) is 19.5 Å². The van der Waals surface area contributed by atoms with Crippen LogP contribution in [0.3, 0.4) is 0 Å². The van der Waals surface area contributed by atoms with Crippen LogP contribution < -0.4 is 5.32 Å². The molecule has 0 spiro atoms. The molecule has 0 bridgehead atoms. The van der Waals surface area contributed by atoms with Crippen molar-refractivity contribution in [2.75, 3.05) is 0 Å². The molecule has 0 aliphatic rings. The number of nitrogens with one attached hydrogen (secondary N) is 2. The Bertz CT molecular complexity index is 625. The number of ether oxygens (including phenoxy) is 1. The second-order valence-electron chi connectivity index (χ2n) is 6.01. The van der Waals surface area contributed by atoms with Gasteiger partial charge in [0.25, 0.3) is 5.91 Å². The molecule has 0 saturated heterocycles. The molecule has 25 heavy (non-hydrogen) atoms. The van der Waals surface area contributed by atoms with E-state index in [-0.39, 0.29) is 18.9 Å². The number of Topliss-reactive ketones (excluding diaryl/α,β-unsaturated/α-hetero) is 1. The number of hydrogen-bond acceptors (Lipinski definition) is 6. The lowest BCUT2D eigenvalue weighted by atomic mass is 10.1. The minimum Gasteiger partial charge on any atom is -0.461 e. The normalized spacial score (nSPS) is 13.0. The monoisotopic (exact) mass is 348 g/mol. The third kappa shape index (κ3) is 6.84. The van der Waals surface area contributed by atoms with Crippen LogP contribution in [0.4, 0.5) is 0 Å². The first-order valence-electron chi connectivity index (χ1n) is 8.03. The van der Waals surface area contributed by atoms with Gasteiger partial charge in [-0.05, 0) is 32.8 Å². The maximum absolute atomic E-state index is 12.2. The SMILES string of the molecule is Cc1ccc([C@H](O)C(=O)N[C@@H](CCC(=O)C=N)C(=O)OC(C)C)cc1. The van der Waals surface area contributed by atoms with E-state index < -0.39 is 29.8 Å². The molecule has 136 valence electrons. The molecule has 3 N–H and O–H groups in total. The molecule has 1 amide bonds. The van der Waals surface area contributed by atoms with Crippen molar-refractivity contribution in [2.45, 2.75) is 51.9 Å². The lowest BCUT2D eigenvalue weighted by molar-refractivity contribution is -0.152. The third-order valence-corrected chi connectivity index (χ3v) is 3.43. The molecule has 0 fully saturated rings. The molecule has 0 heterocycles. The fourth-order valence-corrected chi connectivity index (χ4v) is 2.07. The number of ketones is 1. The van der Waals surface area contributed by atoms with Crippen molar-refractivity contribution >= 4 is 23.9 Å². The number of aliphatic hydroxyl groups excluding tert-OH is 1. The fraction of sp³-hybridized carbons (Fsp3) is 0.444. The summed E-state index contributed by atoms with van der Waals surface area (Å²) in [4.78, 5) is 35.6. The van der Waals surface area contributed by atoms with Gasteiger partial charge in [-0.25, -0.2) is 4.79 Å². The van der Waals surface area contributed by atoms with E-state index in [1.54, 1.807) is 38.1 Å². The van der Waals surface area contributed by atoms with Gasteiger partial charge in [0.15, 0.2) is 11.9 Å². The molecule has 1 rings (SSSR count). The van der Waals surface area contributed by atoms with E-state index >= 15 is 0 Å². The average molecular weight is 348 g/mol. The predicted octanol–water partition coefficient (Wildman–Crippen LogP) is 1.46. The van der Waals surface area contributed by atoms with Crippen LogP contribution in [0.25, 0.3) is 0 Å². The molecule has 0 radical (unpaired) electrons. The highest BCUT2D eigenvalue weighted by Crippen LogP contribution is 2.15. The molecule has 1 aromatic rings. The zero-order valence-electron chi connectivity index (χ0n) is 14.6.